The van der Waals surface area contributed by atoms with Crippen LogP contribution >= 0.6 is 158 Å². The molecule has 0 saturated heterocycles. The van der Waals surface area contributed by atoms with Gasteiger partial charge in [0, 0.05) is 90.0 Å². The van der Waals surface area contributed by atoms with Crippen LogP contribution in [0.3, 0.4) is 0 Å². The van der Waals surface area contributed by atoms with Gasteiger partial charge in [0.15, 0.2) is 0 Å². The molecule has 0 aliphatic carbocycles. The summed E-state index contributed by atoms with van der Waals surface area (Å²) in [6.07, 6.45) is 0. The molecule has 13 heteroatoms. The average molecular weight is 699 g/mol. The van der Waals surface area contributed by atoms with Crippen molar-refractivity contribution in [2.75, 3.05) is 92.0 Å². The number of hydrogen-bond donors (Lipinski definition) is 6. The number of rotatable bonds is 26. The molecule has 0 radical (unpaired) electrons. The molecule has 0 saturated carbocycles. The summed E-state index contributed by atoms with van der Waals surface area (Å²) in [6, 6.07) is 0. The van der Waals surface area contributed by atoms with Crippen LogP contribution in [0, 0.1) is 0 Å². The van der Waals surface area contributed by atoms with Gasteiger partial charge in [0.05, 0.1) is 0 Å². The van der Waals surface area contributed by atoms with Crippen molar-refractivity contribution in [1.29, 1.82) is 0 Å². The maximum absolute atomic E-state index is 4.84. The van der Waals surface area contributed by atoms with Gasteiger partial charge < -0.3 is 0 Å². The van der Waals surface area contributed by atoms with Gasteiger partial charge >= 0.3 is 0 Å². The molecule has 200 valence electrons. The highest BCUT2D eigenvalue weighted by Gasteiger charge is 2.14. The van der Waals surface area contributed by atoms with Gasteiger partial charge in [0.1, 0.15) is 0 Å². The molecular weight excluding hydrogens is 657 g/mol. The lowest BCUT2D eigenvalue weighted by Gasteiger charge is -2.18. The normalized spacial score (nSPS) is 15.5. The molecule has 0 aliphatic rings. The fraction of sp³-hybridized carbons (Fsp3) is 1.00. The molecule has 0 amide bonds. The number of thiol groups is 6. The Balaban J connectivity index is 3.92. The molecule has 0 rings (SSSR count). The van der Waals surface area contributed by atoms with Gasteiger partial charge in [0.25, 0.3) is 0 Å². The zero-order chi connectivity index (χ0) is 24.6. The Morgan fingerprint density at radius 3 is 1.03 bits per heavy atom. The second kappa shape index (κ2) is 29.5. The molecule has 0 aromatic heterocycles. The van der Waals surface area contributed by atoms with Crippen LogP contribution in [-0.2, 0) is 0 Å². The van der Waals surface area contributed by atoms with E-state index in [4.69, 9.17) is 25.3 Å². The highest BCUT2D eigenvalue weighted by molar-refractivity contribution is 8.07. The third-order valence-corrected chi connectivity index (χ3v) is 17.1. The molecule has 33 heavy (non-hydrogen) atoms. The maximum atomic E-state index is 4.84. The molecule has 0 spiro atoms. The second-order valence-electron chi connectivity index (χ2n) is 6.95. The van der Waals surface area contributed by atoms with Crippen LogP contribution in [0.2, 0.25) is 0 Å². The van der Waals surface area contributed by atoms with Crippen LogP contribution in [0.5, 0.6) is 0 Å². The zero-order valence-corrected chi connectivity index (χ0v) is 30.2. The first-order chi connectivity index (χ1) is 16.1. The van der Waals surface area contributed by atoms with Gasteiger partial charge in [-0.25, -0.2) is 0 Å². The van der Waals surface area contributed by atoms with Crippen molar-refractivity contribution in [2.24, 2.45) is 0 Å². The third-order valence-electron chi connectivity index (χ3n) is 3.82. The van der Waals surface area contributed by atoms with Crippen molar-refractivity contribution in [3.05, 3.63) is 0 Å². The van der Waals surface area contributed by atoms with E-state index in [1.165, 1.54) is 23.0 Å². The Morgan fingerprint density at radius 2 is 0.697 bits per heavy atom. The summed E-state index contributed by atoms with van der Waals surface area (Å²) in [6.45, 7) is 0. The summed E-state index contributed by atoms with van der Waals surface area (Å²) < 4.78 is 0. The fourth-order valence-corrected chi connectivity index (χ4v) is 13.3. The number of thioether (sulfide) groups is 7. The van der Waals surface area contributed by atoms with Crippen molar-refractivity contribution >= 4 is 158 Å². The van der Waals surface area contributed by atoms with Crippen molar-refractivity contribution in [2.45, 2.75) is 21.0 Å². The van der Waals surface area contributed by atoms with E-state index < -0.39 is 0 Å². The summed E-state index contributed by atoms with van der Waals surface area (Å²) in [4.78, 5) is 0. The molecule has 0 aliphatic heterocycles. The van der Waals surface area contributed by atoms with Gasteiger partial charge in [-0.15, -0.1) is 0 Å². The van der Waals surface area contributed by atoms with E-state index in [0.29, 0.717) is 21.0 Å². The van der Waals surface area contributed by atoms with E-state index >= 15 is 0 Å². The van der Waals surface area contributed by atoms with Crippen molar-refractivity contribution < 1.29 is 0 Å². The van der Waals surface area contributed by atoms with Crippen LogP contribution in [-0.4, -0.2) is 113 Å². The second-order valence-corrected chi connectivity index (χ2v) is 18.5. The quantitative estimate of drug-likeness (QED) is 0.0414. The van der Waals surface area contributed by atoms with E-state index in [9.17, 15) is 0 Å². The standard InChI is InChI=1S/C20H42S13/c21-1-5-27-13-19(32-7-3-23)15-30-11-17(25)9-29-10-18(26)12-31-16-20(33-8-4-24)14-28-6-2-22/h17-26H,1-16H2. The van der Waals surface area contributed by atoms with Gasteiger partial charge in [-0.1, -0.05) is 0 Å². The lowest BCUT2D eigenvalue weighted by atomic mass is 10.5. The van der Waals surface area contributed by atoms with Gasteiger partial charge in [-0.3, -0.25) is 0 Å². The van der Waals surface area contributed by atoms with Crippen molar-refractivity contribution in [3.63, 3.8) is 0 Å². The maximum Gasteiger partial charge on any atom is 0.0229 e. The van der Waals surface area contributed by atoms with Crippen LogP contribution < -0.4 is 0 Å². The molecular formula is C20H42S13. The van der Waals surface area contributed by atoms with E-state index in [2.05, 4.69) is 97.6 Å². The minimum Gasteiger partial charge on any atom is -0.179 e. The predicted octanol–water partition coefficient (Wildman–Crippen LogP) is 7.17. The summed E-state index contributed by atoms with van der Waals surface area (Å²) in [7, 11) is 0. The van der Waals surface area contributed by atoms with Crippen LogP contribution in [0.25, 0.3) is 0 Å². The summed E-state index contributed by atoms with van der Waals surface area (Å²) in [5.74, 6) is 17.8. The Labute approximate surface area is 267 Å². The Morgan fingerprint density at radius 1 is 0.394 bits per heavy atom. The molecule has 0 fully saturated rings. The lowest BCUT2D eigenvalue weighted by molar-refractivity contribution is 1.10. The van der Waals surface area contributed by atoms with E-state index in [-0.39, 0.29) is 0 Å². The Bertz CT molecular complexity index is 357. The summed E-state index contributed by atoms with van der Waals surface area (Å²) in [5.41, 5.74) is 0. The molecule has 0 aromatic rings. The summed E-state index contributed by atoms with van der Waals surface area (Å²) >= 11 is 41.4. The first kappa shape index (κ1) is 37.6. The van der Waals surface area contributed by atoms with Gasteiger partial charge in [-0.2, -0.15) is 158 Å². The monoisotopic (exact) mass is 698 g/mol. The van der Waals surface area contributed by atoms with E-state index in [1.807, 2.05) is 35.3 Å². The highest BCUT2D eigenvalue weighted by Crippen LogP contribution is 2.25. The first-order valence-corrected chi connectivity index (χ1v) is 22.4. The van der Waals surface area contributed by atoms with Crippen molar-refractivity contribution in [1.82, 2.24) is 0 Å². The smallest absolute Gasteiger partial charge is 0.0229 e. The highest BCUT2D eigenvalue weighted by atomic mass is 32.2. The molecule has 0 heterocycles. The minimum atomic E-state index is 0.458. The molecule has 4 unspecified atom stereocenters. The molecule has 0 bridgehead atoms. The van der Waals surface area contributed by atoms with Crippen LogP contribution in [0.15, 0.2) is 0 Å². The number of hydrogen-bond acceptors (Lipinski definition) is 13. The summed E-state index contributed by atoms with van der Waals surface area (Å²) in [5, 5.41) is 2.34. The van der Waals surface area contributed by atoms with E-state index in [1.54, 1.807) is 0 Å². The zero-order valence-electron chi connectivity index (χ0n) is 19.2. The van der Waals surface area contributed by atoms with Crippen LogP contribution in [0.4, 0.5) is 0 Å². The molecule has 4 atom stereocenters. The topological polar surface area (TPSA) is 0 Å². The lowest BCUT2D eigenvalue weighted by Crippen LogP contribution is -2.16. The van der Waals surface area contributed by atoms with Crippen LogP contribution in [0.1, 0.15) is 0 Å². The van der Waals surface area contributed by atoms with Gasteiger partial charge in [0.2, 0.25) is 0 Å². The average Bonchev–Trinajstić information content (AvgIpc) is 2.80. The SMILES string of the molecule is SCCSCC(CSCC(S)CSCC(S)CSCC(CSCCS)SCCS)SCCS. The fourth-order valence-electron chi connectivity index (χ4n) is 2.39. The Kier molecular flexibility index (Phi) is 33.6. The first-order valence-electron chi connectivity index (χ1n) is 11.0. The van der Waals surface area contributed by atoms with Gasteiger partial charge in [-0.05, 0) is 23.0 Å². The largest absolute Gasteiger partial charge is 0.179 e. The predicted molar refractivity (Wildman–Crippen MR) is 200 cm³/mol. The third kappa shape index (κ3) is 26.5. The van der Waals surface area contributed by atoms with Crippen molar-refractivity contribution in [3.8, 4) is 0 Å². The minimum absolute atomic E-state index is 0.458. The molecule has 0 N–H and O–H groups in total. The molecule has 0 aromatic carbocycles. The van der Waals surface area contributed by atoms with E-state index in [0.717, 1.165) is 69.0 Å². The Hall–Kier alpha value is 4.55. The molecule has 0 nitrogen and oxygen atoms in total.